The van der Waals surface area contributed by atoms with Crippen molar-refractivity contribution in [2.75, 3.05) is 19.6 Å². The van der Waals surface area contributed by atoms with Crippen molar-refractivity contribution in [2.24, 2.45) is 0 Å². The van der Waals surface area contributed by atoms with Gasteiger partial charge in [0.15, 0.2) is 0 Å². The minimum absolute atomic E-state index is 0.0946. The lowest BCUT2D eigenvalue weighted by atomic mass is 10.1. The van der Waals surface area contributed by atoms with E-state index in [0.717, 1.165) is 35.8 Å². The highest BCUT2D eigenvalue weighted by Gasteiger charge is 2.23. The molecule has 0 amide bonds. The summed E-state index contributed by atoms with van der Waals surface area (Å²) in [6.07, 6.45) is 3.57. The van der Waals surface area contributed by atoms with Gasteiger partial charge < -0.3 is 4.90 Å². The predicted molar refractivity (Wildman–Crippen MR) is 86.7 cm³/mol. The number of nitrogens with zero attached hydrogens (tertiary/aromatic N) is 2. The lowest BCUT2D eigenvalue weighted by Crippen LogP contribution is -2.33. The van der Waals surface area contributed by atoms with Crippen LogP contribution in [0.15, 0.2) is 30.3 Å². The van der Waals surface area contributed by atoms with E-state index in [0.29, 0.717) is 0 Å². The van der Waals surface area contributed by atoms with Crippen molar-refractivity contribution in [3.8, 4) is 0 Å². The highest BCUT2D eigenvalue weighted by Crippen LogP contribution is 2.32. The molecule has 4 nitrogen and oxygen atoms in total. The van der Waals surface area contributed by atoms with Gasteiger partial charge in [-0.1, -0.05) is 54.3 Å². The summed E-state index contributed by atoms with van der Waals surface area (Å²) in [4.78, 5) is 12.8. The number of rotatable bonds is 4. The van der Waals surface area contributed by atoms with Gasteiger partial charge in [-0.3, -0.25) is 10.1 Å². The Morgan fingerprint density at radius 1 is 1.30 bits per heavy atom. The van der Waals surface area contributed by atoms with Crippen molar-refractivity contribution in [3.63, 3.8) is 0 Å². The van der Waals surface area contributed by atoms with Crippen LogP contribution >= 0.6 is 24.0 Å². The largest absolute Gasteiger partial charge is 0.358 e. The monoisotopic (exact) mass is 310 g/mol. The van der Waals surface area contributed by atoms with Crippen molar-refractivity contribution in [1.29, 1.82) is 0 Å². The van der Waals surface area contributed by atoms with Crippen LogP contribution in [0.2, 0.25) is 0 Å². The van der Waals surface area contributed by atoms with Crippen LogP contribution < -0.4 is 0 Å². The minimum Gasteiger partial charge on any atom is -0.358 e. The van der Waals surface area contributed by atoms with Gasteiger partial charge >= 0.3 is 0 Å². The first-order chi connectivity index (χ1) is 9.66. The van der Waals surface area contributed by atoms with E-state index in [1.54, 1.807) is 0 Å². The standard InChI is InChI=1S/C14H18N2O2S2/c17-16(18)11-13(12-7-3-1-4-8-12)20-14(19)15-9-5-2-6-10-15/h1,3-4,7-8,13H,2,5-6,9-11H2. The predicted octanol–water partition coefficient (Wildman–Crippen LogP) is 3.51. The van der Waals surface area contributed by atoms with Crippen molar-refractivity contribution in [2.45, 2.75) is 24.5 Å². The summed E-state index contributed by atoms with van der Waals surface area (Å²) in [6, 6.07) is 9.60. The van der Waals surface area contributed by atoms with Crippen LogP contribution in [0.1, 0.15) is 30.1 Å². The first kappa shape index (κ1) is 15.3. The molecule has 20 heavy (non-hydrogen) atoms. The molecule has 1 aliphatic rings. The number of hydrogen-bond donors (Lipinski definition) is 0. The Kier molecular flexibility index (Phi) is 5.79. The summed E-state index contributed by atoms with van der Waals surface area (Å²) in [5.74, 6) is 0. The second kappa shape index (κ2) is 7.59. The normalized spacial score (nSPS) is 16.7. The Balaban J connectivity index is 2.03. The van der Waals surface area contributed by atoms with E-state index >= 15 is 0 Å². The first-order valence-electron chi connectivity index (χ1n) is 6.79. The number of thiocarbonyl (C=S) groups is 1. The van der Waals surface area contributed by atoms with Gasteiger partial charge in [-0.25, -0.2) is 0 Å². The van der Waals surface area contributed by atoms with Crippen LogP contribution in [-0.2, 0) is 0 Å². The van der Waals surface area contributed by atoms with Gasteiger partial charge in [0.1, 0.15) is 9.57 Å². The Hall–Kier alpha value is -1.14. The lowest BCUT2D eigenvalue weighted by Gasteiger charge is -2.29. The number of piperidine rings is 1. The Labute approximate surface area is 128 Å². The molecular formula is C14H18N2O2S2. The summed E-state index contributed by atoms with van der Waals surface area (Å²) < 4.78 is 0.792. The molecular weight excluding hydrogens is 292 g/mol. The zero-order valence-corrected chi connectivity index (χ0v) is 12.9. The third-order valence-corrected chi connectivity index (χ3v) is 5.06. The molecule has 0 aromatic heterocycles. The third kappa shape index (κ3) is 4.45. The molecule has 108 valence electrons. The molecule has 0 aliphatic carbocycles. The van der Waals surface area contributed by atoms with Crippen LogP contribution in [0.3, 0.4) is 0 Å². The van der Waals surface area contributed by atoms with Gasteiger partial charge in [0.25, 0.3) is 0 Å². The van der Waals surface area contributed by atoms with Gasteiger partial charge in [0.2, 0.25) is 6.54 Å². The van der Waals surface area contributed by atoms with Crippen LogP contribution in [-0.4, -0.2) is 33.8 Å². The second-order valence-corrected chi connectivity index (χ2v) is 6.68. The molecule has 0 spiro atoms. The average molecular weight is 310 g/mol. The fraction of sp³-hybridized carbons (Fsp3) is 0.500. The fourth-order valence-electron chi connectivity index (χ4n) is 2.29. The lowest BCUT2D eigenvalue weighted by molar-refractivity contribution is -0.479. The molecule has 1 aromatic carbocycles. The van der Waals surface area contributed by atoms with Gasteiger partial charge in [-0.15, -0.1) is 0 Å². The maximum Gasteiger partial charge on any atom is 0.220 e. The smallest absolute Gasteiger partial charge is 0.220 e. The number of thioether (sulfide) groups is 1. The molecule has 1 fully saturated rings. The number of hydrogen-bond acceptors (Lipinski definition) is 4. The van der Waals surface area contributed by atoms with E-state index in [-0.39, 0.29) is 16.7 Å². The molecule has 1 aromatic rings. The molecule has 0 radical (unpaired) electrons. The van der Waals surface area contributed by atoms with Crippen molar-refractivity contribution >= 4 is 28.3 Å². The van der Waals surface area contributed by atoms with Crippen LogP contribution in [0, 0.1) is 10.1 Å². The van der Waals surface area contributed by atoms with Crippen LogP contribution in [0.5, 0.6) is 0 Å². The molecule has 1 saturated heterocycles. The maximum atomic E-state index is 10.9. The molecule has 2 rings (SSSR count). The summed E-state index contributed by atoms with van der Waals surface area (Å²) >= 11 is 6.92. The van der Waals surface area contributed by atoms with E-state index in [1.165, 1.54) is 18.2 Å². The molecule has 1 heterocycles. The van der Waals surface area contributed by atoms with E-state index < -0.39 is 0 Å². The highest BCUT2D eigenvalue weighted by atomic mass is 32.2. The molecule has 1 atom stereocenters. The Morgan fingerprint density at radius 3 is 2.55 bits per heavy atom. The summed E-state index contributed by atoms with van der Waals surface area (Å²) in [5.41, 5.74) is 0.966. The Bertz CT molecular complexity index is 462. The summed E-state index contributed by atoms with van der Waals surface area (Å²) in [6.45, 7) is 1.86. The molecule has 0 saturated carbocycles. The minimum atomic E-state index is -0.260. The highest BCUT2D eigenvalue weighted by molar-refractivity contribution is 8.23. The summed E-state index contributed by atoms with van der Waals surface area (Å²) in [7, 11) is 0. The average Bonchev–Trinajstić information content (AvgIpc) is 2.48. The maximum absolute atomic E-state index is 10.9. The number of nitro groups is 1. The second-order valence-electron chi connectivity index (χ2n) is 4.85. The fourth-order valence-corrected chi connectivity index (χ4v) is 3.88. The summed E-state index contributed by atoms with van der Waals surface area (Å²) in [5, 5.41) is 10.7. The molecule has 6 heteroatoms. The van der Waals surface area contributed by atoms with E-state index in [9.17, 15) is 10.1 Å². The quantitative estimate of drug-likeness (QED) is 0.484. The SMILES string of the molecule is O=[N+]([O-])CC(SC(=S)N1CCCCC1)c1ccccc1. The van der Waals surface area contributed by atoms with Gasteiger partial charge in [-0.05, 0) is 24.8 Å². The number of likely N-dealkylation sites (tertiary alicyclic amines) is 1. The van der Waals surface area contributed by atoms with E-state index in [2.05, 4.69) is 4.90 Å². The third-order valence-electron chi connectivity index (χ3n) is 3.34. The molecule has 0 N–H and O–H groups in total. The molecule has 1 unspecified atom stereocenters. The van der Waals surface area contributed by atoms with Crippen molar-refractivity contribution in [3.05, 3.63) is 46.0 Å². The number of benzene rings is 1. The zero-order chi connectivity index (χ0) is 14.4. The Morgan fingerprint density at radius 2 is 1.95 bits per heavy atom. The topological polar surface area (TPSA) is 46.4 Å². The van der Waals surface area contributed by atoms with Gasteiger partial charge in [-0.2, -0.15) is 0 Å². The van der Waals surface area contributed by atoms with Crippen molar-refractivity contribution < 1.29 is 4.92 Å². The van der Waals surface area contributed by atoms with E-state index in [4.69, 9.17) is 12.2 Å². The van der Waals surface area contributed by atoms with Crippen LogP contribution in [0.4, 0.5) is 0 Å². The van der Waals surface area contributed by atoms with Crippen LogP contribution in [0.25, 0.3) is 0 Å². The first-order valence-corrected chi connectivity index (χ1v) is 8.08. The van der Waals surface area contributed by atoms with E-state index in [1.807, 2.05) is 30.3 Å². The zero-order valence-electron chi connectivity index (χ0n) is 11.2. The van der Waals surface area contributed by atoms with Crippen molar-refractivity contribution in [1.82, 2.24) is 4.90 Å². The van der Waals surface area contributed by atoms with Gasteiger partial charge in [0.05, 0.1) is 0 Å². The van der Waals surface area contributed by atoms with Gasteiger partial charge in [0, 0.05) is 18.0 Å². The molecule has 1 aliphatic heterocycles. The molecule has 0 bridgehead atoms.